The van der Waals surface area contributed by atoms with Crippen molar-refractivity contribution in [1.82, 2.24) is 0 Å². The number of rotatable bonds is 2. The highest BCUT2D eigenvalue weighted by Gasteiger charge is 2.04. The first-order chi connectivity index (χ1) is 4.29. The SMILES string of the molecule is C[S@@](=O)CC1C=CC=C1. The summed E-state index contributed by atoms with van der Waals surface area (Å²) in [6.07, 6.45) is 9.87. The zero-order valence-electron chi connectivity index (χ0n) is 5.41. The zero-order valence-corrected chi connectivity index (χ0v) is 6.23. The van der Waals surface area contributed by atoms with Crippen molar-refractivity contribution in [3.8, 4) is 0 Å². The van der Waals surface area contributed by atoms with E-state index in [9.17, 15) is 4.21 Å². The molecule has 0 heterocycles. The Morgan fingerprint density at radius 1 is 1.44 bits per heavy atom. The highest BCUT2D eigenvalue weighted by Crippen LogP contribution is 2.08. The van der Waals surface area contributed by atoms with Crippen molar-refractivity contribution in [2.45, 2.75) is 0 Å². The Balaban J connectivity index is 2.37. The zero-order chi connectivity index (χ0) is 6.69. The van der Waals surface area contributed by atoms with E-state index in [-0.39, 0.29) is 0 Å². The molecule has 0 N–H and O–H groups in total. The Morgan fingerprint density at radius 3 is 2.44 bits per heavy atom. The fourth-order valence-corrected chi connectivity index (χ4v) is 1.62. The normalized spacial score (nSPS) is 21.0. The van der Waals surface area contributed by atoms with Crippen molar-refractivity contribution in [3.63, 3.8) is 0 Å². The Bertz CT molecular complexity index is 158. The van der Waals surface area contributed by atoms with Crippen molar-refractivity contribution in [2.75, 3.05) is 12.0 Å². The fraction of sp³-hybridized carbons (Fsp3) is 0.429. The molecule has 0 aliphatic heterocycles. The smallest absolute Gasteiger partial charge is 0.0329 e. The van der Waals surface area contributed by atoms with Crippen molar-refractivity contribution in [1.29, 1.82) is 0 Å². The molecule has 0 aromatic heterocycles. The van der Waals surface area contributed by atoms with Crippen LogP contribution in [0.3, 0.4) is 0 Å². The number of hydrogen-bond donors (Lipinski definition) is 0. The van der Waals surface area contributed by atoms with Crippen LogP contribution in [0.2, 0.25) is 0 Å². The molecule has 0 aromatic rings. The summed E-state index contributed by atoms with van der Waals surface area (Å²) in [5.41, 5.74) is 0. The summed E-state index contributed by atoms with van der Waals surface area (Å²) in [6.45, 7) is 0. The molecule has 0 saturated heterocycles. The van der Waals surface area contributed by atoms with Gasteiger partial charge < -0.3 is 0 Å². The summed E-state index contributed by atoms with van der Waals surface area (Å²) >= 11 is 0. The molecule has 0 spiro atoms. The number of hydrogen-bond acceptors (Lipinski definition) is 1. The van der Waals surface area contributed by atoms with Crippen LogP contribution in [-0.4, -0.2) is 16.2 Å². The van der Waals surface area contributed by atoms with Crippen LogP contribution in [0, 0.1) is 5.92 Å². The highest BCUT2D eigenvalue weighted by molar-refractivity contribution is 7.84. The fourth-order valence-electron chi connectivity index (χ4n) is 0.860. The molecular weight excluding hydrogens is 132 g/mol. The molecule has 0 amide bonds. The molecular formula is C7H10OS. The van der Waals surface area contributed by atoms with Gasteiger partial charge in [0.2, 0.25) is 0 Å². The van der Waals surface area contributed by atoms with Gasteiger partial charge in [0.1, 0.15) is 0 Å². The molecule has 50 valence electrons. The lowest BCUT2D eigenvalue weighted by atomic mass is 10.2. The van der Waals surface area contributed by atoms with Crippen molar-refractivity contribution in [3.05, 3.63) is 24.3 Å². The average Bonchev–Trinajstić information content (AvgIpc) is 2.15. The van der Waals surface area contributed by atoms with Crippen LogP contribution in [0.4, 0.5) is 0 Å². The maximum atomic E-state index is 10.6. The molecule has 1 atom stereocenters. The van der Waals surface area contributed by atoms with Gasteiger partial charge in [-0.3, -0.25) is 4.21 Å². The van der Waals surface area contributed by atoms with Gasteiger partial charge in [-0.15, -0.1) is 0 Å². The monoisotopic (exact) mass is 142 g/mol. The molecule has 0 fully saturated rings. The summed E-state index contributed by atoms with van der Waals surface area (Å²) in [4.78, 5) is 0. The lowest BCUT2D eigenvalue weighted by molar-refractivity contribution is 0.683. The Labute approximate surface area is 57.9 Å². The molecule has 2 heteroatoms. The Morgan fingerprint density at radius 2 is 2.00 bits per heavy atom. The van der Waals surface area contributed by atoms with E-state index >= 15 is 0 Å². The predicted octanol–water partition coefficient (Wildman–Crippen LogP) is 1.11. The highest BCUT2D eigenvalue weighted by atomic mass is 32.2. The van der Waals surface area contributed by atoms with Crippen LogP contribution in [0.15, 0.2) is 24.3 Å². The van der Waals surface area contributed by atoms with Crippen LogP contribution in [0.5, 0.6) is 0 Å². The first-order valence-electron chi connectivity index (χ1n) is 2.94. The molecule has 0 unspecified atom stereocenters. The topological polar surface area (TPSA) is 17.1 Å². The molecule has 1 nitrogen and oxygen atoms in total. The van der Waals surface area contributed by atoms with E-state index in [0.717, 1.165) is 5.75 Å². The van der Waals surface area contributed by atoms with E-state index in [1.807, 2.05) is 12.2 Å². The third-order valence-corrected chi connectivity index (χ3v) is 2.11. The molecule has 1 aliphatic rings. The van der Waals surface area contributed by atoms with Gasteiger partial charge in [-0.1, -0.05) is 24.3 Å². The van der Waals surface area contributed by atoms with Gasteiger partial charge in [0.15, 0.2) is 0 Å². The van der Waals surface area contributed by atoms with E-state index < -0.39 is 10.8 Å². The minimum absolute atomic E-state index is 0.427. The first-order valence-corrected chi connectivity index (χ1v) is 4.67. The van der Waals surface area contributed by atoms with Crippen molar-refractivity contribution in [2.24, 2.45) is 5.92 Å². The average molecular weight is 142 g/mol. The van der Waals surface area contributed by atoms with Crippen LogP contribution >= 0.6 is 0 Å². The summed E-state index contributed by atoms with van der Waals surface area (Å²) in [5.74, 6) is 1.20. The van der Waals surface area contributed by atoms with Crippen LogP contribution in [0.1, 0.15) is 0 Å². The van der Waals surface area contributed by atoms with Crippen molar-refractivity contribution >= 4 is 10.8 Å². The van der Waals surface area contributed by atoms with E-state index in [2.05, 4.69) is 12.2 Å². The summed E-state index contributed by atoms with van der Waals surface area (Å²) in [5, 5.41) is 0. The molecule has 1 rings (SSSR count). The van der Waals surface area contributed by atoms with Gasteiger partial charge in [-0.25, -0.2) is 0 Å². The van der Waals surface area contributed by atoms with E-state index in [4.69, 9.17) is 0 Å². The second kappa shape index (κ2) is 2.97. The second-order valence-electron chi connectivity index (χ2n) is 2.17. The Kier molecular flexibility index (Phi) is 2.22. The van der Waals surface area contributed by atoms with Gasteiger partial charge in [0, 0.05) is 28.7 Å². The Hall–Kier alpha value is -0.370. The lowest BCUT2D eigenvalue weighted by Gasteiger charge is -1.98. The number of allylic oxidation sites excluding steroid dienone is 4. The standard InChI is InChI=1S/C7H10OS/c1-9(8)6-7-4-2-3-5-7/h2-5,7H,6H2,1H3/t9-/m1/s1. The third-order valence-electron chi connectivity index (χ3n) is 1.25. The lowest BCUT2D eigenvalue weighted by Crippen LogP contribution is -2.02. The molecule has 0 aromatic carbocycles. The van der Waals surface area contributed by atoms with E-state index in [1.54, 1.807) is 6.26 Å². The van der Waals surface area contributed by atoms with Gasteiger partial charge >= 0.3 is 0 Å². The summed E-state index contributed by atoms with van der Waals surface area (Å²) in [6, 6.07) is 0. The van der Waals surface area contributed by atoms with Crippen LogP contribution in [0.25, 0.3) is 0 Å². The second-order valence-corrected chi connectivity index (χ2v) is 3.65. The summed E-state index contributed by atoms with van der Waals surface area (Å²) < 4.78 is 10.6. The molecule has 0 radical (unpaired) electrons. The minimum Gasteiger partial charge on any atom is -0.260 e. The maximum absolute atomic E-state index is 10.6. The maximum Gasteiger partial charge on any atom is 0.0329 e. The molecule has 1 aliphatic carbocycles. The van der Waals surface area contributed by atoms with Crippen molar-refractivity contribution < 1.29 is 4.21 Å². The van der Waals surface area contributed by atoms with Gasteiger partial charge in [0.05, 0.1) is 0 Å². The molecule has 0 bridgehead atoms. The van der Waals surface area contributed by atoms with Gasteiger partial charge in [-0.2, -0.15) is 0 Å². The van der Waals surface area contributed by atoms with Gasteiger partial charge in [-0.05, 0) is 0 Å². The van der Waals surface area contributed by atoms with E-state index in [0.29, 0.717) is 5.92 Å². The summed E-state index contributed by atoms with van der Waals surface area (Å²) in [7, 11) is -0.658. The first kappa shape index (κ1) is 6.75. The third kappa shape index (κ3) is 2.14. The van der Waals surface area contributed by atoms with Crippen LogP contribution < -0.4 is 0 Å². The van der Waals surface area contributed by atoms with Crippen LogP contribution in [-0.2, 0) is 10.8 Å². The predicted molar refractivity (Wildman–Crippen MR) is 40.7 cm³/mol. The van der Waals surface area contributed by atoms with Gasteiger partial charge in [0.25, 0.3) is 0 Å². The van der Waals surface area contributed by atoms with E-state index in [1.165, 1.54) is 0 Å². The minimum atomic E-state index is -0.658. The molecule has 9 heavy (non-hydrogen) atoms. The quantitative estimate of drug-likeness (QED) is 0.564. The largest absolute Gasteiger partial charge is 0.260 e. The molecule has 0 saturated carbocycles.